The highest BCUT2D eigenvalue weighted by molar-refractivity contribution is 6.32. The summed E-state index contributed by atoms with van der Waals surface area (Å²) in [7, 11) is 0. The summed E-state index contributed by atoms with van der Waals surface area (Å²) in [4.78, 5) is 20.0. The molecule has 1 N–H and O–H groups in total. The fraction of sp³-hybridized carbons (Fsp3) is 0.600. The van der Waals surface area contributed by atoms with Gasteiger partial charge in [0.25, 0.3) is 5.56 Å². The van der Waals surface area contributed by atoms with Gasteiger partial charge in [-0.25, -0.2) is 4.98 Å². The fourth-order valence-electron chi connectivity index (χ4n) is 2.17. The maximum absolute atomic E-state index is 11.3. The molecule has 1 aromatic rings. The zero-order valence-electron chi connectivity index (χ0n) is 8.83. The number of H-pyrrole nitrogens is 1. The summed E-state index contributed by atoms with van der Waals surface area (Å²) in [5.41, 5.74) is -0.270. The van der Waals surface area contributed by atoms with Crippen LogP contribution in [0.4, 0.5) is 5.82 Å². The van der Waals surface area contributed by atoms with E-state index in [2.05, 4.69) is 28.7 Å². The van der Waals surface area contributed by atoms with Gasteiger partial charge in [0, 0.05) is 12.6 Å². The monoisotopic (exact) mass is 227 g/mol. The van der Waals surface area contributed by atoms with E-state index in [0.717, 1.165) is 13.0 Å². The average molecular weight is 228 g/mol. The van der Waals surface area contributed by atoms with Crippen LogP contribution in [0, 0.1) is 5.92 Å². The zero-order valence-corrected chi connectivity index (χ0v) is 9.58. The van der Waals surface area contributed by atoms with Crippen molar-refractivity contribution in [3.63, 3.8) is 0 Å². The Balaban J connectivity index is 2.38. The molecule has 0 aliphatic carbocycles. The summed E-state index contributed by atoms with van der Waals surface area (Å²) in [5.74, 6) is 1.23. The van der Waals surface area contributed by atoms with E-state index in [-0.39, 0.29) is 10.6 Å². The number of aromatic nitrogens is 2. The average Bonchev–Trinajstić information content (AvgIpc) is 2.50. The Hall–Kier alpha value is -1.03. The molecular formula is C10H14ClN3O. The number of aromatic amines is 1. The van der Waals surface area contributed by atoms with Crippen molar-refractivity contribution in [2.45, 2.75) is 26.3 Å². The number of anilines is 1. The maximum atomic E-state index is 11.3. The molecule has 1 fully saturated rings. The quantitative estimate of drug-likeness (QED) is 0.794. The fourth-order valence-corrected chi connectivity index (χ4v) is 2.38. The molecule has 4 nitrogen and oxygen atoms in total. The van der Waals surface area contributed by atoms with Crippen molar-refractivity contribution in [1.29, 1.82) is 0 Å². The third-order valence-electron chi connectivity index (χ3n) is 2.83. The first kappa shape index (κ1) is 10.5. The highest BCUT2D eigenvalue weighted by atomic mass is 35.5. The van der Waals surface area contributed by atoms with Gasteiger partial charge in [-0.3, -0.25) is 4.79 Å². The molecule has 2 atom stereocenters. The SMILES string of the molecule is CC1CC(C)N(c2nc[nH]c(=O)c2Cl)C1. The molecule has 0 spiro atoms. The predicted octanol–water partition coefficient (Wildman–Crippen LogP) is 1.66. The van der Waals surface area contributed by atoms with Crippen LogP contribution in [0.5, 0.6) is 0 Å². The number of hydrogen-bond donors (Lipinski definition) is 1. The number of halogens is 1. The Kier molecular flexibility index (Phi) is 2.69. The molecule has 1 saturated heterocycles. The minimum absolute atomic E-state index is 0.193. The third kappa shape index (κ3) is 1.86. The molecule has 5 heteroatoms. The second-order valence-electron chi connectivity index (χ2n) is 4.21. The second-order valence-corrected chi connectivity index (χ2v) is 4.59. The molecule has 0 saturated carbocycles. The number of nitrogens with zero attached hydrogens (tertiary/aromatic N) is 2. The van der Waals surface area contributed by atoms with Gasteiger partial charge in [-0.15, -0.1) is 0 Å². The lowest BCUT2D eigenvalue weighted by molar-refractivity contribution is 0.625. The van der Waals surface area contributed by atoms with Crippen LogP contribution in [-0.2, 0) is 0 Å². The number of hydrogen-bond acceptors (Lipinski definition) is 3. The van der Waals surface area contributed by atoms with Gasteiger partial charge in [-0.05, 0) is 19.3 Å². The topological polar surface area (TPSA) is 49.0 Å². The summed E-state index contributed by atoms with van der Waals surface area (Å²) in [5, 5.41) is 0.193. The molecule has 15 heavy (non-hydrogen) atoms. The van der Waals surface area contributed by atoms with Crippen molar-refractivity contribution in [1.82, 2.24) is 9.97 Å². The van der Waals surface area contributed by atoms with Crippen LogP contribution in [0.2, 0.25) is 5.02 Å². The lowest BCUT2D eigenvalue weighted by Crippen LogP contribution is -2.29. The highest BCUT2D eigenvalue weighted by Gasteiger charge is 2.28. The van der Waals surface area contributed by atoms with Crippen LogP contribution in [0.3, 0.4) is 0 Å². The van der Waals surface area contributed by atoms with Crippen molar-refractivity contribution in [3.05, 3.63) is 21.7 Å². The van der Waals surface area contributed by atoms with Gasteiger partial charge in [0.15, 0.2) is 5.82 Å². The molecular weight excluding hydrogens is 214 g/mol. The van der Waals surface area contributed by atoms with Crippen LogP contribution < -0.4 is 10.5 Å². The Morgan fingerprint density at radius 3 is 2.93 bits per heavy atom. The van der Waals surface area contributed by atoms with Crippen molar-refractivity contribution < 1.29 is 0 Å². The molecule has 0 radical (unpaired) electrons. The van der Waals surface area contributed by atoms with Crippen LogP contribution in [0.1, 0.15) is 20.3 Å². The van der Waals surface area contributed by atoms with Crippen molar-refractivity contribution in [2.24, 2.45) is 5.92 Å². The van der Waals surface area contributed by atoms with Crippen molar-refractivity contribution in [3.8, 4) is 0 Å². The molecule has 0 amide bonds. The van der Waals surface area contributed by atoms with Gasteiger partial charge >= 0.3 is 0 Å². The van der Waals surface area contributed by atoms with Gasteiger partial charge in [0.1, 0.15) is 5.02 Å². The van der Waals surface area contributed by atoms with Crippen molar-refractivity contribution >= 4 is 17.4 Å². The van der Waals surface area contributed by atoms with Crippen LogP contribution >= 0.6 is 11.6 Å². The first-order valence-corrected chi connectivity index (χ1v) is 5.47. The lowest BCUT2D eigenvalue weighted by Gasteiger charge is -2.22. The first-order chi connectivity index (χ1) is 7.09. The van der Waals surface area contributed by atoms with Gasteiger partial charge in [0.05, 0.1) is 6.33 Å². The maximum Gasteiger partial charge on any atom is 0.271 e. The minimum atomic E-state index is -0.270. The largest absolute Gasteiger partial charge is 0.352 e. The molecule has 0 bridgehead atoms. The van der Waals surface area contributed by atoms with E-state index in [4.69, 9.17) is 11.6 Å². The van der Waals surface area contributed by atoms with Crippen LogP contribution in [0.25, 0.3) is 0 Å². The van der Waals surface area contributed by atoms with Crippen molar-refractivity contribution in [2.75, 3.05) is 11.4 Å². The van der Waals surface area contributed by atoms with Gasteiger partial charge in [0.2, 0.25) is 0 Å². The molecule has 2 unspecified atom stereocenters. The molecule has 2 rings (SSSR count). The lowest BCUT2D eigenvalue weighted by atomic mass is 10.1. The van der Waals surface area contributed by atoms with E-state index in [1.54, 1.807) is 0 Å². The molecule has 2 heterocycles. The zero-order chi connectivity index (χ0) is 11.0. The van der Waals surface area contributed by atoms with Gasteiger partial charge in [-0.1, -0.05) is 18.5 Å². The van der Waals surface area contributed by atoms with Gasteiger partial charge in [-0.2, -0.15) is 0 Å². The molecule has 0 aromatic carbocycles. The summed E-state index contributed by atoms with van der Waals surface area (Å²) >= 11 is 5.94. The van der Waals surface area contributed by atoms with Gasteiger partial charge < -0.3 is 9.88 Å². The smallest absolute Gasteiger partial charge is 0.271 e. The molecule has 1 aliphatic heterocycles. The summed E-state index contributed by atoms with van der Waals surface area (Å²) < 4.78 is 0. The molecule has 82 valence electrons. The highest BCUT2D eigenvalue weighted by Crippen LogP contribution is 2.29. The standard InChI is InChI=1S/C10H14ClN3O/c1-6-3-7(2)14(4-6)9-8(11)10(15)13-5-12-9/h5-7H,3-4H2,1-2H3,(H,12,13,15). The van der Waals surface area contributed by atoms with E-state index >= 15 is 0 Å². The Bertz CT molecular complexity index is 417. The van der Waals surface area contributed by atoms with E-state index in [0.29, 0.717) is 17.8 Å². The van der Waals surface area contributed by atoms with E-state index in [1.165, 1.54) is 6.33 Å². The number of nitrogens with one attached hydrogen (secondary N) is 1. The summed E-state index contributed by atoms with van der Waals surface area (Å²) in [6.07, 6.45) is 2.52. The third-order valence-corrected chi connectivity index (χ3v) is 3.17. The van der Waals surface area contributed by atoms with Crippen LogP contribution in [-0.4, -0.2) is 22.6 Å². The summed E-state index contributed by atoms with van der Waals surface area (Å²) in [6.45, 7) is 5.23. The normalized spacial score (nSPS) is 25.9. The second kappa shape index (κ2) is 3.85. The number of rotatable bonds is 1. The predicted molar refractivity (Wildman–Crippen MR) is 60.5 cm³/mol. The first-order valence-electron chi connectivity index (χ1n) is 5.09. The molecule has 1 aromatic heterocycles. The van der Waals surface area contributed by atoms with E-state index in [1.807, 2.05) is 0 Å². The van der Waals surface area contributed by atoms with Crippen LogP contribution in [0.15, 0.2) is 11.1 Å². The Labute approximate surface area is 93.3 Å². The minimum Gasteiger partial charge on any atom is -0.352 e. The van der Waals surface area contributed by atoms with E-state index < -0.39 is 0 Å². The molecule has 1 aliphatic rings. The Morgan fingerprint density at radius 1 is 1.60 bits per heavy atom. The van der Waals surface area contributed by atoms with E-state index in [9.17, 15) is 4.79 Å². The Morgan fingerprint density at radius 2 is 2.33 bits per heavy atom. The summed E-state index contributed by atoms with van der Waals surface area (Å²) in [6, 6.07) is 0.395.